The van der Waals surface area contributed by atoms with E-state index in [1.165, 1.54) is 11.2 Å². The molecule has 0 bridgehead atoms. The third-order valence-electron chi connectivity index (χ3n) is 5.42. The highest BCUT2D eigenvalue weighted by Gasteiger charge is 2.46. The molecular formula is C25H25N3O5. The lowest BCUT2D eigenvalue weighted by molar-refractivity contribution is -0.126. The van der Waals surface area contributed by atoms with Gasteiger partial charge in [-0.2, -0.15) is 0 Å². The highest BCUT2D eigenvalue weighted by atomic mass is 16.6. The Kier molecular flexibility index (Phi) is 6.44. The second-order valence-electron chi connectivity index (χ2n) is 7.81. The van der Waals surface area contributed by atoms with Crippen LogP contribution in [0, 0.1) is 6.92 Å². The zero-order valence-corrected chi connectivity index (χ0v) is 18.4. The molecule has 2 unspecified atom stereocenters. The van der Waals surface area contributed by atoms with Crippen molar-refractivity contribution in [2.45, 2.75) is 32.5 Å². The number of amides is 3. The maximum absolute atomic E-state index is 12.9. The van der Waals surface area contributed by atoms with Gasteiger partial charge in [0.05, 0.1) is 12.8 Å². The fraction of sp³-hybridized carbons (Fsp3) is 0.240. The minimum Gasteiger partial charge on any atom is -0.459 e. The Balaban J connectivity index is 1.54. The number of rotatable bonds is 7. The molecule has 8 nitrogen and oxygen atoms in total. The molecule has 0 aliphatic carbocycles. The molecule has 4 rings (SSSR count). The van der Waals surface area contributed by atoms with Gasteiger partial charge in [0, 0.05) is 12.2 Å². The number of aryl methyl sites for hydroxylation is 1. The van der Waals surface area contributed by atoms with Gasteiger partial charge in [0.15, 0.2) is 17.9 Å². The Morgan fingerprint density at radius 2 is 1.76 bits per heavy atom. The van der Waals surface area contributed by atoms with Crippen LogP contribution in [0.25, 0.3) is 0 Å². The Hall–Kier alpha value is -4.07. The SMILES string of the molecule is CCNC(=O)C1C(c2ccc(NC(=O)c3ccco3)cc2)OC(=O)N1Cc1ccc(C)cc1. The molecule has 8 heteroatoms. The maximum atomic E-state index is 12.9. The van der Waals surface area contributed by atoms with Gasteiger partial charge in [-0.15, -0.1) is 0 Å². The summed E-state index contributed by atoms with van der Waals surface area (Å²) in [4.78, 5) is 39.3. The minimum absolute atomic E-state index is 0.201. The van der Waals surface area contributed by atoms with Gasteiger partial charge >= 0.3 is 6.09 Å². The average molecular weight is 447 g/mol. The van der Waals surface area contributed by atoms with Gasteiger partial charge in [-0.25, -0.2) is 4.79 Å². The van der Waals surface area contributed by atoms with Crippen molar-refractivity contribution in [1.29, 1.82) is 0 Å². The van der Waals surface area contributed by atoms with Crippen LogP contribution in [0.1, 0.15) is 40.3 Å². The van der Waals surface area contributed by atoms with Crippen LogP contribution in [0.5, 0.6) is 0 Å². The lowest BCUT2D eigenvalue weighted by Crippen LogP contribution is -2.46. The number of ether oxygens (including phenoxy) is 1. The van der Waals surface area contributed by atoms with Crippen molar-refractivity contribution < 1.29 is 23.5 Å². The van der Waals surface area contributed by atoms with Crippen LogP contribution in [-0.2, 0) is 16.1 Å². The van der Waals surface area contributed by atoms with Crippen molar-refractivity contribution in [3.63, 3.8) is 0 Å². The number of nitrogens with one attached hydrogen (secondary N) is 2. The van der Waals surface area contributed by atoms with E-state index in [2.05, 4.69) is 10.6 Å². The summed E-state index contributed by atoms with van der Waals surface area (Å²) in [5.41, 5.74) is 3.22. The summed E-state index contributed by atoms with van der Waals surface area (Å²) in [5, 5.41) is 5.55. The number of furan rings is 1. The monoisotopic (exact) mass is 447 g/mol. The molecular weight excluding hydrogens is 422 g/mol. The van der Waals surface area contributed by atoms with Crippen LogP contribution in [0.2, 0.25) is 0 Å². The van der Waals surface area contributed by atoms with E-state index in [1.807, 2.05) is 38.1 Å². The molecule has 2 atom stereocenters. The van der Waals surface area contributed by atoms with Crippen LogP contribution in [0.15, 0.2) is 71.3 Å². The summed E-state index contributed by atoms with van der Waals surface area (Å²) in [6, 6.07) is 17.0. The van der Waals surface area contributed by atoms with E-state index in [-0.39, 0.29) is 24.1 Å². The third kappa shape index (κ3) is 4.90. The summed E-state index contributed by atoms with van der Waals surface area (Å²) >= 11 is 0. The summed E-state index contributed by atoms with van der Waals surface area (Å²) in [7, 11) is 0. The van der Waals surface area contributed by atoms with Gasteiger partial charge in [-0.05, 0) is 49.2 Å². The van der Waals surface area contributed by atoms with Gasteiger partial charge in [0.25, 0.3) is 5.91 Å². The van der Waals surface area contributed by atoms with Gasteiger partial charge in [0.2, 0.25) is 5.91 Å². The van der Waals surface area contributed by atoms with E-state index >= 15 is 0 Å². The minimum atomic E-state index is -0.817. The lowest BCUT2D eigenvalue weighted by atomic mass is 10.00. The molecule has 1 saturated heterocycles. The van der Waals surface area contributed by atoms with Crippen molar-refractivity contribution in [1.82, 2.24) is 10.2 Å². The highest BCUT2D eigenvalue weighted by molar-refractivity contribution is 6.02. The molecule has 1 aliphatic rings. The van der Waals surface area contributed by atoms with E-state index < -0.39 is 18.2 Å². The van der Waals surface area contributed by atoms with Crippen LogP contribution >= 0.6 is 0 Å². The van der Waals surface area contributed by atoms with Crippen molar-refractivity contribution in [2.75, 3.05) is 11.9 Å². The maximum Gasteiger partial charge on any atom is 0.411 e. The van der Waals surface area contributed by atoms with Crippen molar-refractivity contribution >= 4 is 23.6 Å². The zero-order valence-electron chi connectivity index (χ0n) is 18.4. The Morgan fingerprint density at radius 1 is 1.03 bits per heavy atom. The van der Waals surface area contributed by atoms with Crippen molar-refractivity contribution in [3.05, 3.63) is 89.4 Å². The summed E-state index contributed by atoms with van der Waals surface area (Å²) in [6.07, 6.45) is 0.104. The number of nitrogens with zero attached hydrogens (tertiary/aromatic N) is 1. The Morgan fingerprint density at radius 3 is 2.39 bits per heavy atom. The molecule has 1 aromatic heterocycles. The molecule has 1 fully saturated rings. The van der Waals surface area contributed by atoms with E-state index in [9.17, 15) is 14.4 Å². The van der Waals surface area contributed by atoms with E-state index in [1.54, 1.807) is 36.4 Å². The average Bonchev–Trinajstić information content (AvgIpc) is 3.45. The Bertz CT molecular complexity index is 1120. The molecule has 0 radical (unpaired) electrons. The number of likely N-dealkylation sites (N-methyl/N-ethyl adjacent to an activating group) is 1. The molecule has 33 heavy (non-hydrogen) atoms. The number of cyclic esters (lactones) is 1. The molecule has 2 aromatic carbocycles. The predicted molar refractivity (Wildman–Crippen MR) is 122 cm³/mol. The topological polar surface area (TPSA) is 101 Å². The predicted octanol–water partition coefficient (Wildman–Crippen LogP) is 4.04. The molecule has 1 aliphatic heterocycles. The summed E-state index contributed by atoms with van der Waals surface area (Å²) in [5.74, 6) is -0.452. The highest BCUT2D eigenvalue weighted by Crippen LogP contribution is 2.34. The number of anilines is 1. The molecule has 170 valence electrons. The zero-order chi connectivity index (χ0) is 23.4. The first-order valence-corrected chi connectivity index (χ1v) is 10.7. The van der Waals surface area contributed by atoms with Crippen LogP contribution in [0.3, 0.4) is 0 Å². The number of carbonyl (C=O) groups excluding carboxylic acids is 3. The third-order valence-corrected chi connectivity index (χ3v) is 5.42. The van der Waals surface area contributed by atoms with Gasteiger partial charge in [-0.1, -0.05) is 42.0 Å². The quantitative estimate of drug-likeness (QED) is 0.569. The second-order valence-corrected chi connectivity index (χ2v) is 7.81. The molecule has 2 N–H and O–H groups in total. The molecule has 3 amide bonds. The number of hydrogen-bond acceptors (Lipinski definition) is 5. The largest absolute Gasteiger partial charge is 0.459 e. The van der Waals surface area contributed by atoms with E-state index in [0.717, 1.165) is 11.1 Å². The summed E-state index contributed by atoms with van der Waals surface area (Å²) in [6.45, 7) is 4.51. The van der Waals surface area contributed by atoms with E-state index in [0.29, 0.717) is 17.8 Å². The summed E-state index contributed by atoms with van der Waals surface area (Å²) < 4.78 is 10.7. The first-order chi connectivity index (χ1) is 16.0. The normalized spacial score (nSPS) is 17.5. The molecule has 0 spiro atoms. The lowest BCUT2D eigenvalue weighted by Gasteiger charge is -2.24. The number of carbonyl (C=O) groups is 3. The van der Waals surface area contributed by atoms with Crippen molar-refractivity contribution in [2.24, 2.45) is 0 Å². The molecule has 0 saturated carbocycles. The number of hydrogen-bond donors (Lipinski definition) is 2. The van der Waals surface area contributed by atoms with Crippen LogP contribution in [0.4, 0.5) is 10.5 Å². The van der Waals surface area contributed by atoms with E-state index in [4.69, 9.17) is 9.15 Å². The standard InChI is InChI=1S/C25H25N3O5/c1-3-26-24(30)21-22(33-25(31)28(21)15-17-8-6-16(2)7-9-17)18-10-12-19(13-11-18)27-23(29)20-5-4-14-32-20/h4-14,21-22H,3,15H2,1-2H3,(H,26,30)(H,27,29). The number of benzene rings is 2. The van der Waals surface area contributed by atoms with Crippen molar-refractivity contribution in [3.8, 4) is 0 Å². The fourth-order valence-corrected chi connectivity index (χ4v) is 3.74. The van der Waals surface area contributed by atoms with Crippen LogP contribution < -0.4 is 10.6 Å². The smallest absolute Gasteiger partial charge is 0.411 e. The first kappa shape index (κ1) is 22.1. The molecule has 2 heterocycles. The van der Waals surface area contributed by atoms with Crippen LogP contribution in [-0.4, -0.2) is 35.4 Å². The van der Waals surface area contributed by atoms with Gasteiger partial charge in [-0.3, -0.25) is 14.5 Å². The second kappa shape index (κ2) is 9.60. The fourth-order valence-electron chi connectivity index (χ4n) is 3.74. The first-order valence-electron chi connectivity index (χ1n) is 10.7. The van der Waals surface area contributed by atoms with Gasteiger partial charge in [0.1, 0.15) is 0 Å². The molecule has 3 aromatic rings. The Labute approximate surface area is 191 Å². The van der Waals surface area contributed by atoms with Gasteiger partial charge < -0.3 is 19.8 Å².